The molecule has 0 fully saturated rings. The van der Waals surface area contributed by atoms with Crippen molar-refractivity contribution in [1.82, 2.24) is 5.32 Å². The summed E-state index contributed by atoms with van der Waals surface area (Å²) in [5, 5.41) is 2.99. The zero-order chi connectivity index (χ0) is 18.5. The van der Waals surface area contributed by atoms with E-state index >= 15 is 0 Å². The summed E-state index contributed by atoms with van der Waals surface area (Å²) in [6.07, 6.45) is 2.88. The Morgan fingerprint density at radius 3 is 2.62 bits per heavy atom. The maximum absolute atomic E-state index is 12.2. The summed E-state index contributed by atoms with van der Waals surface area (Å²) in [5.41, 5.74) is 6.68. The van der Waals surface area contributed by atoms with Crippen molar-refractivity contribution in [3.8, 4) is 11.5 Å². The molecule has 0 saturated heterocycles. The summed E-state index contributed by atoms with van der Waals surface area (Å²) < 4.78 is 11.0. The van der Waals surface area contributed by atoms with Gasteiger partial charge in [-0.05, 0) is 29.3 Å². The van der Waals surface area contributed by atoms with Crippen LogP contribution in [-0.4, -0.2) is 25.0 Å². The number of nitrogens with one attached hydrogen (secondary N) is 1. The zero-order valence-corrected chi connectivity index (χ0v) is 14.5. The highest BCUT2D eigenvalue weighted by atomic mass is 35.5. The van der Waals surface area contributed by atoms with E-state index in [-0.39, 0.29) is 0 Å². The fourth-order valence-electron chi connectivity index (χ4n) is 2.55. The number of carbonyl (C=O) groups excluding carboxylic acids is 2. The molecule has 134 valence electrons. The molecule has 3 rings (SSSR count). The number of amides is 2. The highest BCUT2D eigenvalue weighted by Crippen LogP contribution is 2.38. The molecule has 0 saturated carbocycles. The van der Waals surface area contributed by atoms with Gasteiger partial charge in [0.25, 0.3) is 0 Å². The van der Waals surface area contributed by atoms with Gasteiger partial charge in [0.05, 0.1) is 5.02 Å². The lowest BCUT2D eigenvalue weighted by Gasteiger charge is -2.19. The predicted molar refractivity (Wildman–Crippen MR) is 98.0 cm³/mol. The summed E-state index contributed by atoms with van der Waals surface area (Å²) in [5.74, 6) is -0.0653. The van der Waals surface area contributed by atoms with Crippen molar-refractivity contribution in [3.05, 3.63) is 64.7 Å². The molecule has 7 heteroatoms. The van der Waals surface area contributed by atoms with Crippen LogP contribution in [0.3, 0.4) is 0 Å². The van der Waals surface area contributed by atoms with E-state index in [1.165, 1.54) is 6.08 Å². The molecule has 1 heterocycles. The Bertz CT molecular complexity index is 852. The van der Waals surface area contributed by atoms with E-state index in [0.717, 1.165) is 0 Å². The first-order chi connectivity index (χ1) is 12.5. The highest BCUT2D eigenvalue weighted by molar-refractivity contribution is 6.32. The maximum atomic E-state index is 12.2. The van der Waals surface area contributed by atoms with Gasteiger partial charge in [0.2, 0.25) is 11.8 Å². The largest absolute Gasteiger partial charge is 0.486 e. The number of carbonyl (C=O) groups is 2. The fourth-order valence-corrected chi connectivity index (χ4v) is 2.83. The molecule has 2 amide bonds. The smallest absolute Gasteiger partial charge is 0.244 e. The number of ether oxygens (including phenoxy) is 2. The second kappa shape index (κ2) is 7.93. The summed E-state index contributed by atoms with van der Waals surface area (Å²) >= 11 is 6.17. The quantitative estimate of drug-likeness (QED) is 0.789. The summed E-state index contributed by atoms with van der Waals surface area (Å²) in [7, 11) is 0. The van der Waals surface area contributed by atoms with Crippen molar-refractivity contribution in [2.75, 3.05) is 13.2 Å². The zero-order valence-electron chi connectivity index (χ0n) is 13.8. The molecule has 0 spiro atoms. The molecule has 2 aromatic carbocycles. The third-order valence-corrected chi connectivity index (χ3v) is 4.03. The molecule has 1 aliphatic heterocycles. The molecule has 1 unspecified atom stereocenters. The minimum atomic E-state index is -0.905. The standard InChI is InChI=1S/C19H17ClN2O4/c20-14-10-12(11-15-18(14)26-9-8-25-15)6-7-16(23)22-17(19(21)24)13-4-2-1-3-5-13/h1-7,10-11,17H,8-9H2,(H2,21,24)(H,22,23)/b7-6+. The molecule has 0 bridgehead atoms. The van der Waals surface area contributed by atoms with Crippen LogP contribution in [0.1, 0.15) is 17.2 Å². The van der Waals surface area contributed by atoms with Crippen LogP contribution in [0.15, 0.2) is 48.5 Å². The number of hydrogen-bond donors (Lipinski definition) is 2. The van der Waals surface area contributed by atoms with Crippen LogP contribution in [0.4, 0.5) is 0 Å². The van der Waals surface area contributed by atoms with E-state index in [9.17, 15) is 9.59 Å². The van der Waals surface area contributed by atoms with Gasteiger partial charge in [-0.2, -0.15) is 0 Å². The van der Waals surface area contributed by atoms with Crippen LogP contribution < -0.4 is 20.5 Å². The van der Waals surface area contributed by atoms with Gasteiger partial charge in [-0.25, -0.2) is 0 Å². The van der Waals surface area contributed by atoms with E-state index in [4.69, 9.17) is 26.8 Å². The number of fused-ring (bicyclic) bond motifs is 1. The van der Waals surface area contributed by atoms with Gasteiger partial charge < -0.3 is 20.5 Å². The van der Waals surface area contributed by atoms with Gasteiger partial charge >= 0.3 is 0 Å². The first-order valence-corrected chi connectivity index (χ1v) is 8.34. The second-order valence-corrected chi connectivity index (χ2v) is 6.02. The van der Waals surface area contributed by atoms with Crippen molar-refractivity contribution in [2.45, 2.75) is 6.04 Å². The van der Waals surface area contributed by atoms with Gasteiger partial charge in [0.15, 0.2) is 11.5 Å². The molecule has 1 aliphatic rings. The molecule has 6 nitrogen and oxygen atoms in total. The van der Waals surface area contributed by atoms with Gasteiger partial charge in [-0.3, -0.25) is 9.59 Å². The summed E-state index contributed by atoms with van der Waals surface area (Å²) in [6.45, 7) is 0.882. The Balaban J connectivity index is 1.73. The molecule has 1 atom stereocenters. The fraction of sp³-hybridized carbons (Fsp3) is 0.158. The van der Waals surface area contributed by atoms with E-state index in [0.29, 0.717) is 40.9 Å². The average molecular weight is 373 g/mol. The Hall–Kier alpha value is -2.99. The number of hydrogen-bond acceptors (Lipinski definition) is 4. The lowest BCUT2D eigenvalue weighted by atomic mass is 10.1. The van der Waals surface area contributed by atoms with E-state index in [1.807, 2.05) is 6.07 Å². The molecule has 0 aromatic heterocycles. The summed E-state index contributed by atoms with van der Waals surface area (Å²) in [6, 6.07) is 11.3. The first-order valence-electron chi connectivity index (χ1n) is 7.96. The van der Waals surface area contributed by atoms with Crippen molar-refractivity contribution >= 4 is 29.5 Å². The average Bonchev–Trinajstić information content (AvgIpc) is 2.65. The number of nitrogens with two attached hydrogens (primary N) is 1. The molecular formula is C19H17ClN2O4. The third kappa shape index (κ3) is 4.15. The summed E-state index contributed by atoms with van der Waals surface area (Å²) in [4.78, 5) is 23.8. The van der Waals surface area contributed by atoms with Crippen LogP contribution in [-0.2, 0) is 9.59 Å². The highest BCUT2D eigenvalue weighted by Gasteiger charge is 2.19. The Morgan fingerprint density at radius 2 is 1.88 bits per heavy atom. The molecular weight excluding hydrogens is 356 g/mol. The minimum Gasteiger partial charge on any atom is -0.486 e. The third-order valence-electron chi connectivity index (χ3n) is 3.75. The van der Waals surface area contributed by atoms with Crippen molar-refractivity contribution < 1.29 is 19.1 Å². The van der Waals surface area contributed by atoms with Crippen molar-refractivity contribution in [2.24, 2.45) is 5.73 Å². The molecule has 26 heavy (non-hydrogen) atoms. The Kier molecular flexibility index (Phi) is 5.43. The second-order valence-electron chi connectivity index (χ2n) is 5.61. The normalized spacial score (nSPS) is 14.0. The number of primary amides is 1. The van der Waals surface area contributed by atoms with Gasteiger partial charge in [-0.1, -0.05) is 41.9 Å². The lowest BCUT2D eigenvalue weighted by Crippen LogP contribution is -2.36. The maximum Gasteiger partial charge on any atom is 0.244 e. The number of benzene rings is 2. The molecule has 2 aromatic rings. The van der Waals surface area contributed by atoms with Crippen LogP contribution >= 0.6 is 11.6 Å². The first kappa shape index (κ1) is 17.8. The SMILES string of the molecule is NC(=O)C(NC(=O)/C=C/c1cc(Cl)c2c(c1)OCCO2)c1ccccc1. The number of rotatable bonds is 5. The van der Waals surface area contributed by atoms with Crippen LogP contribution in [0, 0.1) is 0 Å². The van der Waals surface area contributed by atoms with Crippen LogP contribution in [0.5, 0.6) is 11.5 Å². The molecule has 3 N–H and O–H groups in total. The Morgan fingerprint density at radius 1 is 1.15 bits per heavy atom. The Labute approximate surface area is 155 Å². The van der Waals surface area contributed by atoms with Gasteiger partial charge in [0, 0.05) is 6.08 Å². The molecule has 0 radical (unpaired) electrons. The monoisotopic (exact) mass is 372 g/mol. The van der Waals surface area contributed by atoms with Crippen LogP contribution in [0.25, 0.3) is 6.08 Å². The van der Waals surface area contributed by atoms with Crippen LogP contribution in [0.2, 0.25) is 5.02 Å². The minimum absolute atomic E-state index is 0.404. The van der Waals surface area contributed by atoms with Gasteiger partial charge in [0.1, 0.15) is 19.3 Å². The van der Waals surface area contributed by atoms with E-state index < -0.39 is 17.9 Å². The number of halogens is 1. The van der Waals surface area contributed by atoms with E-state index in [2.05, 4.69) is 5.32 Å². The topological polar surface area (TPSA) is 90.7 Å². The molecule has 0 aliphatic carbocycles. The van der Waals surface area contributed by atoms with Crippen molar-refractivity contribution in [1.29, 1.82) is 0 Å². The van der Waals surface area contributed by atoms with Gasteiger partial charge in [-0.15, -0.1) is 0 Å². The predicted octanol–water partition coefficient (Wildman–Crippen LogP) is 2.47. The van der Waals surface area contributed by atoms with Crippen molar-refractivity contribution in [3.63, 3.8) is 0 Å². The van der Waals surface area contributed by atoms with E-state index in [1.54, 1.807) is 42.5 Å². The lowest BCUT2D eigenvalue weighted by molar-refractivity contribution is -0.125.